The molecule has 120 valence electrons. The van der Waals surface area contributed by atoms with E-state index < -0.39 is 0 Å². The number of nitrogens with zero attached hydrogens (tertiary/aromatic N) is 1. The largest absolute Gasteiger partial charge is 0.343 e. The summed E-state index contributed by atoms with van der Waals surface area (Å²) in [7, 11) is 0. The van der Waals surface area contributed by atoms with Gasteiger partial charge in [0.05, 0.1) is 5.52 Å². The highest BCUT2D eigenvalue weighted by molar-refractivity contribution is 7.99. The highest BCUT2D eigenvalue weighted by atomic mass is 35.5. The van der Waals surface area contributed by atoms with Crippen LogP contribution in [0.2, 0.25) is 5.02 Å². The van der Waals surface area contributed by atoms with Crippen LogP contribution < -0.4 is 0 Å². The molecule has 1 aliphatic rings. The molecule has 0 unspecified atom stereocenters. The molecule has 24 heavy (non-hydrogen) atoms. The van der Waals surface area contributed by atoms with Crippen molar-refractivity contribution in [2.24, 2.45) is 0 Å². The lowest BCUT2D eigenvalue weighted by Gasteiger charge is -2.08. The molecule has 4 rings (SSSR count). The average molecular weight is 356 g/mol. The first-order valence-corrected chi connectivity index (χ1v) is 8.93. The number of hydrogen-bond donors (Lipinski definition) is 0. The molecule has 2 heterocycles. The lowest BCUT2D eigenvalue weighted by molar-refractivity contribution is 0.627. The van der Waals surface area contributed by atoms with Crippen LogP contribution in [0, 0.1) is 12.2 Å². The van der Waals surface area contributed by atoms with Crippen LogP contribution in [0.1, 0.15) is 24.6 Å². The molecule has 0 bridgehead atoms. The van der Waals surface area contributed by atoms with Crippen molar-refractivity contribution >= 4 is 39.8 Å². The molecule has 1 nitrogen and oxygen atoms in total. The minimum Gasteiger partial charge on any atom is -0.343 e. The van der Waals surface area contributed by atoms with Crippen LogP contribution in [0.3, 0.4) is 0 Å². The predicted octanol–water partition coefficient (Wildman–Crippen LogP) is 6.45. The van der Waals surface area contributed by atoms with Crippen LogP contribution in [0.25, 0.3) is 16.5 Å². The van der Waals surface area contributed by atoms with Crippen molar-refractivity contribution in [3.8, 4) is 0 Å². The van der Waals surface area contributed by atoms with Gasteiger partial charge < -0.3 is 4.57 Å². The lowest BCUT2D eigenvalue weighted by atomic mass is 10.0. The predicted molar refractivity (Wildman–Crippen MR) is 99.1 cm³/mol. The SMILES string of the molecule is C=C(C)c1cc(F)cc2c1c(Sc1ccc(Cl)cc1)c1n2CC[C]1. The van der Waals surface area contributed by atoms with Crippen molar-refractivity contribution in [3.05, 3.63) is 71.5 Å². The Hall–Kier alpha value is -1.71. The van der Waals surface area contributed by atoms with Crippen LogP contribution >= 0.6 is 23.4 Å². The van der Waals surface area contributed by atoms with Crippen molar-refractivity contribution in [1.82, 2.24) is 4.57 Å². The van der Waals surface area contributed by atoms with Crippen LogP contribution in [0.5, 0.6) is 0 Å². The zero-order chi connectivity index (χ0) is 16.8. The van der Waals surface area contributed by atoms with Crippen LogP contribution in [-0.4, -0.2) is 4.57 Å². The monoisotopic (exact) mass is 355 g/mol. The molecule has 4 heteroatoms. The standard InChI is InChI=1S/C20H15ClFNS/c1-12(2)16-10-14(22)11-18-19(16)20(17-4-3-9-23(17)18)24-15-7-5-13(21)6-8-15/h5-8,10-11H,1,3,9H2,2H3. The Bertz CT molecular complexity index is 956. The molecule has 1 aromatic heterocycles. The van der Waals surface area contributed by atoms with Gasteiger partial charge in [0, 0.05) is 38.9 Å². The third-order valence-corrected chi connectivity index (χ3v) is 5.57. The maximum absolute atomic E-state index is 14.1. The molecule has 0 saturated carbocycles. The fourth-order valence-corrected chi connectivity index (χ4v) is 4.39. The van der Waals surface area contributed by atoms with Gasteiger partial charge in [-0.3, -0.25) is 0 Å². The minimum absolute atomic E-state index is 0.226. The maximum Gasteiger partial charge on any atom is 0.125 e. The van der Waals surface area contributed by atoms with E-state index in [2.05, 4.69) is 17.6 Å². The van der Waals surface area contributed by atoms with Gasteiger partial charge in [0.2, 0.25) is 0 Å². The Balaban J connectivity index is 1.96. The lowest BCUT2D eigenvalue weighted by Crippen LogP contribution is -1.92. The Morgan fingerprint density at radius 1 is 1.29 bits per heavy atom. The van der Waals surface area contributed by atoms with Gasteiger partial charge >= 0.3 is 0 Å². The van der Waals surface area contributed by atoms with Crippen molar-refractivity contribution in [2.75, 3.05) is 0 Å². The number of aromatic nitrogens is 1. The molecule has 0 amide bonds. The van der Waals surface area contributed by atoms with Crippen molar-refractivity contribution in [3.63, 3.8) is 0 Å². The summed E-state index contributed by atoms with van der Waals surface area (Å²) in [4.78, 5) is 2.21. The number of aryl methyl sites for hydroxylation is 1. The van der Waals surface area contributed by atoms with E-state index in [1.165, 1.54) is 0 Å². The van der Waals surface area contributed by atoms with Gasteiger partial charge in [-0.1, -0.05) is 35.5 Å². The van der Waals surface area contributed by atoms with E-state index in [1.54, 1.807) is 23.9 Å². The molecule has 1 aliphatic heterocycles. The van der Waals surface area contributed by atoms with Gasteiger partial charge in [-0.25, -0.2) is 4.39 Å². The Morgan fingerprint density at radius 2 is 2.04 bits per heavy atom. The summed E-state index contributed by atoms with van der Waals surface area (Å²) in [6, 6.07) is 11.0. The number of allylic oxidation sites excluding steroid dienone is 1. The number of benzene rings is 2. The topological polar surface area (TPSA) is 4.93 Å². The fraction of sp³-hybridized carbons (Fsp3) is 0.150. The van der Waals surface area contributed by atoms with Crippen LogP contribution in [0.15, 0.2) is 52.8 Å². The van der Waals surface area contributed by atoms with Crippen LogP contribution in [0.4, 0.5) is 4.39 Å². The van der Waals surface area contributed by atoms with Gasteiger partial charge in [-0.2, -0.15) is 0 Å². The summed E-state index contributed by atoms with van der Waals surface area (Å²) < 4.78 is 16.3. The van der Waals surface area contributed by atoms with E-state index in [4.69, 9.17) is 11.6 Å². The second kappa shape index (κ2) is 5.98. The summed E-state index contributed by atoms with van der Waals surface area (Å²) in [6.45, 7) is 6.79. The number of halogens is 2. The number of hydrogen-bond acceptors (Lipinski definition) is 1. The van der Waals surface area contributed by atoms with Gasteiger partial charge in [-0.15, -0.1) is 0 Å². The zero-order valence-electron chi connectivity index (χ0n) is 13.2. The molecule has 2 radical (unpaired) electrons. The molecular weight excluding hydrogens is 341 g/mol. The second-order valence-electron chi connectivity index (χ2n) is 5.94. The quantitative estimate of drug-likeness (QED) is 0.522. The van der Waals surface area contributed by atoms with E-state index >= 15 is 0 Å². The van der Waals surface area contributed by atoms with Gasteiger partial charge in [0.25, 0.3) is 0 Å². The molecule has 0 atom stereocenters. The average Bonchev–Trinajstić information content (AvgIpc) is 3.12. The van der Waals surface area contributed by atoms with E-state index in [9.17, 15) is 4.39 Å². The minimum atomic E-state index is -0.226. The van der Waals surface area contributed by atoms with Crippen molar-refractivity contribution in [1.29, 1.82) is 0 Å². The summed E-state index contributed by atoms with van der Waals surface area (Å²) in [5, 5.41) is 1.78. The first-order valence-electron chi connectivity index (χ1n) is 7.73. The summed E-state index contributed by atoms with van der Waals surface area (Å²) in [5.41, 5.74) is 3.70. The Morgan fingerprint density at radius 3 is 2.75 bits per heavy atom. The third-order valence-electron chi connectivity index (χ3n) is 4.21. The molecular formula is C20H15ClFNS. The van der Waals surface area contributed by atoms with Crippen molar-refractivity contribution in [2.45, 2.75) is 29.7 Å². The fourth-order valence-electron chi connectivity index (χ4n) is 3.16. The van der Waals surface area contributed by atoms with E-state index in [-0.39, 0.29) is 5.82 Å². The summed E-state index contributed by atoms with van der Waals surface area (Å²) in [6.07, 6.45) is 4.30. The van der Waals surface area contributed by atoms with Gasteiger partial charge in [-0.05, 0) is 55.3 Å². The molecule has 2 aromatic carbocycles. The molecule has 0 spiro atoms. The summed E-state index contributed by atoms with van der Waals surface area (Å²) in [5.74, 6) is -0.226. The van der Waals surface area contributed by atoms with Crippen molar-refractivity contribution < 1.29 is 4.39 Å². The second-order valence-corrected chi connectivity index (χ2v) is 7.46. The smallest absolute Gasteiger partial charge is 0.125 e. The normalized spacial score (nSPS) is 13.5. The summed E-state index contributed by atoms with van der Waals surface area (Å²) >= 11 is 7.66. The molecule has 3 aromatic rings. The third kappa shape index (κ3) is 2.56. The van der Waals surface area contributed by atoms with E-state index in [0.717, 1.165) is 50.5 Å². The first kappa shape index (κ1) is 15.8. The van der Waals surface area contributed by atoms with Crippen LogP contribution in [-0.2, 0) is 6.54 Å². The van der Waals surface area contributed by atoms with E-state index in [0.29, 0.717) is 5.02 Å². The molecule has 0 N–H and O–H groups in total. The zero-order valence-corrected chi connectivity index (χ0v) is 14.8. The highest BCUT2D eigenvalue weighted by Crippen LogP contribution is 2.44. The Labute approximate surface area is 150 Å². The Kier molecular flexibility index (Phi) is 3.93. The molecule has 0 aliphatic carbocycles. The number of fused-ring (bicyclic) bond motifs is 3. The molecule has 0 fully saturated rings. The van der Waals surface area contributed by atoms with Gasteiger partial charge in [0.1, 0.15) is 5.82 Å². The molecule has 0 saturated heterocycles. The first-order chi connectivity index (χ1) is 11.5. The highest BCUT2D eigenvalue weighted by Gasteiger charge is 2.25. The van der Waals surface area contributed by atoms with E-state index in [1.807, 2.05) is 31.2 Å². The van der Waals surface area contributed by atoms with Gasteiger partial charge in [0.15, 0.2) is 0 Å². The number of rotatable bonds is 3. The maximum atomic E-state index is 14.1.